The van der Waals surface area contributed by atoms with Gasteiger partial charge in [-0.1, -0.05) is 20.8 Å². The van der Waals surface area contributed by atoms with E-state index in [1.54, 1.807) is 26.2 Å². The molecule has 1 fully saturated rings. The monoisotopic (exact) mass is 502 g/mol. The Morgan fingerprint density at radius 3 is 2.49 bits per heavy atom. The number of anilines is 1. The summed E-state index contributed by atoms with van der Waals surface area (Å²) in [6.45, 7) is 8.83. The molecule has 0 saturated carbocycles. The number of hydrogen-bond acceptors (Lipinski definition) is 6. The SMILES string of the molecule is CN(C)C(=O)c1cnn(S(=O)(=O)N(C)c2ccc3c(c2)nc(C(C)(C)C)n3CC2CCOCC2)c1. The molecule has 1 saturated heterocycles. The number of ether oxygens (including phenoxy) is 1. The van der Waals surface area contributed by atoms with Crippen LogP contribution in [0.5, 0.6) is 0 Å². The summed E-state index contributed by atoms with van der Waals surface area (Å²) in [5.74, 6) is 1.17. The number of imidazole rings is 1. The molecule has 4 rings (SSSR count). The van der Waals surface area contributed by atoms with Crippen molar-refractivity contribution >= 4 is 32.8 Å². The van der Waals surface area contributed by atoms with Gasteiger partial charge in [0.15, 0.2) is 0 Å². The first-order valence-electron chi connectivity index (χ1n) is 11.7. The lowest BCUT2D eigenvalue weighted by atomic mass is 9.94. The Bertz CT molecular complexity index is 1330. The molecule has 0 spiro atoms. The lowest BCUT2D eigenvalue weighted by molar-refractivity contribution is 0.0611. The summed E-state index contributed by atoms with van der Waals surface area (Å²) in [7, 11) is 0.633. The van der Waals surface area contributed by atoms with Gasteiger partial charge in [-0.2, -0.15) is 13.5 Å². The highest BCUT2D eigenvalue weighted by atomic mass is 32.2. The minimum absolute atomic E-state index is 0.174. The van der Waals surface area contributed by atoms with Crippen molar-refractivity contribution in [3.05, 3.63) is 42.0 Å². The predicted molar refractivity (Wildman–Crippen MR) is 135 cm³/mol. The first-order chi connectivity index (χ1) is 16.4. The van der Waals surface area contributed by atoms with Crippen molar-refractivity contribution in [1.82, 2.24) is 23.6 Å². The topological polar surface area (TPSA) is 103 Å². The van der Waals surface area contributed by atoms with Gasteiger partial charge in [-0.3, -0.25) is 9.10 Å². The van der Waals surface area contributed by atoms with Crippen LogP contribution in [0.3, 0.4) is 0 Å². The Morgan fingerprint density at radius 1 is 1.17 bits per heavy atom. The maximum atomic E-state index is 13.2. The fourth-order valence-corrected chi connectivity index (χ4v) is 5.36. The second kappa shape index (κ2) is 9.27. The van der Waals surface area contributed by atoms with Gasteiger partial charge in [0.25, 0.3) is 5.91 Å². The molecule has 10 nitrogen and oxygen atoms in total. The number of fused-ring (bicyclic) bond motifs is 1. The molecule has 3 aromatic rings. The third-order valence-corrected chi connectivity index (χ3v) is 7.92. The summed E-state index contributed by atoms with van der Waals surface area (Å²) in [5, 5.41) is 3.93. The molecule has 11 heteroatoms. The van der Waals surface area contributed by atoms with E-state index in [0.29, 0.717) is 11.6 Å². The van der Waals surface area contributed by atoms with Gasteiger partial charge in [0.05, 0.1) is 34.7 Å². The van der Waals surface area contributed by atoms with Gasteiger partial charge < -0.3 is 14.2 Å². The molecule has 1 aromatic carbocycles. The van der Waals surface area contributed by atoms with Crippen LogP contribution in [0.25, 0.3) is 11.0 Å². The van der Waals surface area contributed by atoms with Crippen LogP contribution in [0.1, 0.15) is 49.8 Å². The van der Waals surface area contributed by atoms with Crippen molar-refractivity contribution in [1.29, 1.82) is 0 Å². The lowest BCUT2D eigenvalue weighted by Crippen LogP contribution is -2.32. The van der Waals surface area contributed by atoms with Gasteiger partial charge in [0.1, 0.15) is 5.82 Å². The minimum atomic E-state index is -4.03. The van der Waals surface area contributed by atoms with E-state index in [-0.39, 0.29) is 16.9 Å². The van der Waals surface area contributed by atoms with Gasteiger partial charge in [0, 0.05) is 46.3 Å². The summed E-state index contributed by atoms with van der Waals surface area (Å²) in [6.07, 6.45) is 4.52. The molecule has 0 unspecified atom stereocenters. The smallest absolute Gasteiger partial charge is 0.345 e. The third kappa shape index (κ3) is 4.92. The Hall–Kier alpha value is -2.92. The molecular weight excluding hydrogens is 468 g/mol. The number of rotatable bonds is 6. The van der Waals surface area contributed by atoms with E-state index in [1.807, 2.05) is 6.07 Å². The van der Waals surface area contributed by atoms with Gasteiger partial charge in [0.2, 0.25) is 0 Å². The highest BCUT2D eigenvalue weighted by Crippen LogP contribution is 2.31. The molecule has 35 heavy (non-hydrogen) atoms. The van der Waals surface area contributed by atoms with Crippen LogP contribution < -0.4 is 4.31 Å². The molecule has 190 valence electrons. The van der Waals surface area contributed by atoms with Crippen LogP contribution in [-0.2, 0) is 26.9 Å². The maximum absolute atomic E-state index is 13.2. The Kier molecular flexibility index (Phi) is 6.67. The second-order valence-electron chi connectivity index (χ2n) is 10.3. The number of amides is 1. The Balaban J connectivity index is 1.69. The predicted octanol–water partition coefficient (Wildman–Crippen LogP) is 2.89. The summed E-state index contributed by atoms with van der Waals surface area (Å²) >= 11 is 0. The molecule has 1 aliphatic heterocycles. The van der Waals surface area contributed by atoms with Gasteiger partial charge in [-0.05, 0) is 37.0 Å². The molecule has 3 heterocycles. The fraction of sp³-hybridized carbons (Fsp3) is 0.542. The number of carbonyl (C=O) groups is 1. The van der Waals surface area contributed by atoms with Crippen LogP contribution in [0.2, 0.25) is 0 Å². The number of benzene rings is 1. The van der Waals surface area contributed by atoms with Crippen molar-refractivity contribution < 1.29 is 17.9 Å². The third-order valence-electron chi connectivity index (χ3n) is 6.34. The Labute approximate surface area is 206 Å². The molecule has 0 aliphatic carbocycles. The number of hydrogen-bond donors (Lipinski definition) is 0. The second-order valence-corrected chi connectivity index (χ2v) is 12.1. The highest BCUT2D eigenvalue weighted by molar-refractivity contribution is 7.91. The molecule has 0 atom stereocenters. The molecule has 0 N–H and O–H groups in total. The zero-order valence-electron chi connectivity index (χ0n) is 21.2. The quantitative estimate of drug-likeness (QED) is 0.514. The zero-order valence-corrected chi connectivity index (χ0v) is 22.0. The van der Waals surface area contributed by atoms with E-state index in [9.17, 15) is 13.2 Å². The summed E-state index contributed by atoms with van der Waals surface area (Å²) in [4.78, 5) is 18.5. The van der Waals surface area contributed by atoms with E-state index in [2.05, 4.69) is 30.4 Å². The van der Waals surface area contributed by atoms with Gasteiger partial charge >= 0.3 is 10.2 Å². The molecule has 2 aromatic heterocycles. The van der Waals surface area contributed by atoms with Crippen molar-refractivity contribution in [3.63, 3.8) is 0 Å². The zero-order chi connectivity index (χ0) is 25.5. The highest BCUT2D eigenvalue weighted by Gasteiger charge is 2.27. The molecule has 0 radical (unpaired) electrons. The molecule has 1 amide bonds. The van der Waals surface area contributed by atoms with Crippen molar-refractivity contribution in [2.45, 2.75) is 45.6 Å². The van der Waals surface area contributed by atoms with E-state index in [4.69, 9.17) is 9.72 Å². The van der Waals surface area contributed by atoms with Crippen LogP contribution in [0.4, 0.5) is 5.69 Å². The van der Waals surface area contributed by atoms with E-state index in [1.165, 1.54) is 24.3 Å². The lowest BCUT2D eigenvalue weighted by Gasteiger charge is -2.26. The van der Waals surface area contributed by atoms with Crippen molar-refractivity contribution in [2.75, 3.05) is 38.7 Å². The van der Waals surface area contributed by atoms with Crippen LogP contribution >= 0.6 is 0 Å². The van der Waals surface area contributed by atoms with Crippen LogP contribution in [-0.4, -0.2) is 72.3 Å². The first-order valence-corrected chi connectivity index (χ1v) is 13.1. The summed E-state index contributed by atoms with van der Waals surface area (Å²) in [5.41, 5.74) is 2.21. The minimum Gasteiger partial charge on any atom is -0.381 e. The van der Waals surface area contributed by atoms with Crippen molar-refractivity contribution in [2.24, 2.45) is 5.92 Å². The summed E-state index contributed by atoms with van der Waals surface area (Å²) < 4.78 is 36.2. The van der Waals surface area contributed by atoms with E-state index >= 15 is 0 Å². The van der Waals surface area contributed by atoms with Gasteiger partial charge in [-0.25, -0.2) is 4.98 Å². The maximum Gasteiger partial charge on any atom is 0.345 e. The number of aromatic nitrogens is 4. The standard InChI is InChI=1S/C24H34N6O4S/c1-24(2,3)23-26-20-13-19(7-8-21(20)29(23)15-17-9-11-34-12-10-17)28(6)35(32,33)30-16-18(14-25-30)22(31)27(4)5/h7-8,13-14,16-17H,9-12,15H2,1-6H3. The van der Waals surface area contributed by atoms with Crippen LogP contribution in [0.15, 0.2) is 30.6 Å². The van der Waals surface area contributed by atoms with E-state index < -0.39 is 10.2 Å². The largest absolute Gasteiger partial charge is 0.381 e. The normalized spacial score (nSPS) is 15.5. The van der Waals surface area contributed by atoms with Crippen molar-refractivity contribution in [3.8, 4) is 0 Å². The molecular formula is C24H34N6O4S. The van der Waals surface area contributed by atoms with E-state index in [0.717, 1.165) is 57.9 Å². The molecule has 0 bridgehead atoms. The average molecular weight is 503 g/mol. The Morgan fingerprint density at radius 2 is 1.86 bits per heavy atom. The molecule has 1 aliphatic rings. The number of carbonyl (C=O) groups excluding carboxylic acids is 1. The summed E-state index contributed by atoms with van der Waals surface area (Å²) in [6, 6.07) is 5.50. The van der Waals surface area contributed by atoms with Gasteiger partial charge in [-0.15, -0.1) is 4.09 Å². The first kappa shape index (κ1) is 25.2. The fourth-order valence-electron chi connectivity index (χ4n) is 4.32. The van der Waals surface area contributed by atoms with Crippen LogP contribution in [0, 0.1) is 5.92 Å². The average Bonchev–Trinajstić information content (AvgIpc) is 3.44. The number of nitrogens with zero attached hydrogens (tertiary/aromatic N) is 6.